The van der Waals surface area contributed by atoms with E-state index in [0.29, 0.717) is 12.3 Å². The van der Waals surface area contributed by atoms with Gasteiger partial charge in [-0.25, -0.2) is 9.18 Å². The Morgan fingerprint density at radius 1 is 1.61 bits per heavy atom. The maximum atomic E-state index is 13.2. The van der Waals surface area contributed by atoms with E-state index in [0.717, 1.165) is 12.5 Å². The summed E-state index contributed by atoms with van der Waals surface area (Å²) < 4.78 is 18.3. The summed E-state index contributed by atoms with van der Waals surface area (Å²) in [5.74, 6) is -2.00. The van der Waals surface area contributed by atoms with E-state index in [4.69, 9.17) is 15.6 Å². The summed E-state index contributed by atoms with van der Waals surface area (Å²) in [5, 5.41) is 12.1. The molecule has 0 aliphatic carbocycles. The molecule has 0 saturated carbocycles. The first-order valence-electron chi connectivity index (χ1n) is 5.58. The van der Waals surface area contributed by atoms with Gasteiger partial charge in [-0.3, -0.25) is 0 Å². The average molecular weight is 256 g/mol. The number of hydrogen-bond acceptors (Lipinski definition) is 4. The minimum Gasteiger partial charge on any atom is -0.478 e. The van der Waals surface area contributed by atoms with Gasteiger partial charge in [-0.2, -0.15) is 0 Å². The summed E-state index contributed by atoms with van der Waals surface area (Å²) in [6.07, 6.45) is 0.740. The molecule has 1 atom stereocenters. The van der Waals surface area contributed by atoms with Gasteiger partial charge < -0.3 is 20.9 Å². The lowest BCUT2D eigenvalue weighted by Crippen LogP contribution is -2.25. The SMILES string of the molecule is CCC(COC)Nc1ccc(F)c(N)c1C(=O)O. The second-order valence-corrected chi connectivity index (χ2v) is 3.89. The zero-order valence-corrected chi connectivity index (χ0v) is 10.4. The molecule has 0 amide bonds. The van der Waals surface area contributed by atoms with Crippen LogP contribution in [-0.4, -0.2) is 30.8 Å². The third-order valence-electron chi connectivity index (χ3n) is 2.63. The molecule has 100 valence electrons. The molecule has 0 saturated heterocycles. The summed E-state index contributed by atoms with van der Waals surface area (Å²) in [5.41, 5.74) is 5.14. The first kappa shape index (κ1) is 14.2. The number of ether oxygens (including phenoxy) is 1. The molecule has 1 aromatic rings. The number of nitrogen functional groups attached to an aromatic ring is 1. The largest absolute Gasteiger partial charge is 0.478 e. The lowest BCUT2D eigenvalue weighted by Gasteiger charge is -2.19. The van der Waals surface area contributed by atoms with Crippen molar-refractivity contribution in [1.29, 1.82) is 0 Å². The van der Waals surface area contributed by atoms with Crippen LogP contribution in [0.25, 0.3) is 0 Å². The highest BCUT2D eigenvalue weighted by Crippen LogP contribution is 2.26. The number of nitrogens with two attached hydrogens (primary N) is 1. The number of carbonyl (C=O) groups is 1. The molecule has 0 aromatic heterocycles. The number of halogens is 1. The fraction of sp³-hybridized carbons (Fsp3) is 0.417. The van der Waals surface area contributed by atoms with Crippen LogP contribution in [0.15, 0.2) is 12.1 Å². The number of anilines is 2. The molecule has 1 aromatic carbocycles. The summed E-state index contributed by atoms with van der Waals surface area (Å²) in [6.45, 7) is 2.36. The molecule has 0 heterocycles. The Morgan fingerprint density at radius 2 is 2.28 bits per heavy atom. The molecule has 1 unspecified atom stereocenters. The van der Waals surface area contributed by atoms with Crippen LogP contribution in [0.1, 0.15) is 23.7 Å². The average Bonchev–Trinajstić information content (AvgIpc) is 2.32. The van der Waals surface area contributed by atoms with Crippen molar-refractivity contribution in [2.75, 3.05) is 24.8 Å². The highest BCUT2D eigenvalue weighted by atomic mass is 19.1. The Hall–Kier alpha value is -1.82. The molecule has 0 aliphatic heterocycles. The van der Waals surface area contributed by atoms with Crippen LogP contribution in [0.2, 0.25) is 0 Å². The Labute approximate surface area is 105 Å². The number of methoxy groups -OCH3 is 1. The topological polar surface area (TPSA) is 84.6 Å². The van der Waals surface area contributed by atoms with Crippen molar-refractivity contribution in [2.45, 2.75) is 19.4 Å². The van der Waals surface area contributed by atoms with Gasteiger partial charge in [0.15, 0.2) is 0 Å². The van der Waals surface area contributed by atoms with E-state index in [2.05, 4.69) is 5.32 Å². The van der Waals surface area contributed by atoms with Crippen molar-refractivity contribution in [2.24, 2.45) is 0 Å². The third-order valence-corrected chi connectivity index (χ3v) is 2.63. The summed E-state index contributed by atoms with van der Waals surface area (Å²) in [7, 11) is 1.56. The quantitative estimate of drug-likeness (QED) is 0.677. The van der Waals surface area contributed by atoms with Crippen LogP contribution in [0, 0.1) is 5.82 Å². The van der Waals surface area contributed by atoms with Crippen LogP contribution in [0.3, 0.4) is 0 Å². The van der Waals surface area contributed by atoms with E-state index in [1.807, 2.05) is 6.92 Å². The van der Waals surface area contributed by atoms with Crippen molar-refractivity contribution >= 4 is 17.3 Å². The number of carboxylic acids is 1. The number of hydrogen-bond donors (Lipinski definition) is 3. The van der Waals surface area contributed by atoms with Gasteiger partial charge in [0.1, 0.15) is 11.4 Å². The highest BCUT2D eigenvalue weighted by Gasteiger charge is 2.19. The van der Waals surface area contributed by atoms with Gasteiger partial charge in [0.05, 0.1) is 18.0 Å². The third kappa shape index (κ3) is 3.10. The fourth-order valence-electron chi connectivity index (χ4n) is 1.63. The van der Waals surface area contributed by atoms with Crippen molar-refractivity contribution in [1.82, 2.24) is 0 Å². The Kier molecular flexibility index (Phi) is 4.91. The van der Waals surface area contributed by atoms with Crippen molar-refractivity contribution in [3.63, 3.8) is 0 Å². The van der Waals surface area contributed by atoms with Crippen LogP contribution < -0.4 is 11.1 Å². The standard InChI is InChI=1S/C12H17FN2O3/c1-3-7(6-18-2)15-9-5-4-8(13)11(14)10(9)12(16)17/h4-5,7,15H,3,6,14H2,1-2H3,(H,16,17). The van der Waals surface area contributed by atoms with Gasteiger partial charge in [0.25, 0.3) is 0 Å². The van der Waals surface area contributed by atoms with Crippen molar-refractivity contribution in [3.05, 3.63) is 23.5 Å². The molecule has 0 bridgehead atoms. The Morgan fingerprint density at radius 3 is 2.78 bits per heavy atom. The monoisotopic (exact) mass is 256 g/mol. The van der Waals surface area contributed by atoms with Crippen LogP contribution in [-0.2, 0) is 4.74 Å². The van der Waals surface area contributed by atoms with Gasteiger partial charge in [0.2, 0.25) is 0 Å². The molecule has 5 nitrogen and oxygen atoms in total. The number of carboxylic acid groups (broad SMARTS) is 1. The maximum absolute atomic E-state index is 13.2. The molecule has 0 radical (unpaired) electrons. The number of aromatic carboxylic acids is 1. The summed E-state index contributed by atoms with van der Waals surface area (Å²) in [4.78, 5) is 11.1. The number of benzene rings is 1. The predicted molar refractivity (Wildman–Crippen MR) is 67.3 cm³/mol. The van der Waals surface area contributed by atoms with E-state index >= 15 is 0 Å². The molecule has 4 N–H and O–H groups in total. The molecular formula is C12H17FN2O3. The van der Waals surface area contributed by atoms with E-state index in [9.17, 15) is 9.18 Å². The zero-order valence-electron chi connectivity index (χ0n) is 10.4. The van der Waals surface area contributed by atoms with Crippen molar-refractivity contribution < 1.29 is 19.0 Å². The Bertz CT molecular complexity index is 438. The molecule has 18 heavy (non-hydrogen) atoms. The van der Waals surface area contributed by atoms with Crippen LogP contribution >= 0.6 is 0 Å². The van der Waals surface area contributed by atoms with Gasteiger partial charge in [-0.1, -0.05) is 6.92 Å². The second kappa shape index (κ2) is 6.20. The number of rotatable bonds is 6. The minimum absolute atomic E-state index is 0.0574. The lowest BCUT2D eigenvalue weighted by molar-refractivity contribution is 0.0698. The van der Waals surface area contributed by atoms with E-state index in [1.165, 1.54) is 6.07 Å². The molecule has 6 heteroatoms. The maximum Gasteiger partial charge on any atom is 0.340 e. The molecule has 0 spiro atoms. The highest BCUT2D eigenvalue weighted by molar-refractivity contribution is 6.00. The second-order valence-electron chi connectivity index (χ2n) is 3.89. The Balaban J connectivity index is 3.08. The molecule has 1 rings (SSSR count). The summed E-state index contributed by atoms with van der Waals surface area (Å²) in [6, 6.07) is 2.45. The van der Waals surface area contributed by atoms with E-state index in [-0.39, 0.29) is 17.3 Å². The lowest BCUT2D eigenvalue weighted by atomic mass is 10.1. The smallest absolute Gasteiger partial charge is 0.340 e. The summed E-state index contributed by atoms with van der Waals surface area (Å²) >= 11 is 0. The molecule has 0 fully saturated rings. The normalized spacial score (nSPS) is 12.2. The van der Waals surface area contributed by atoms with E-state index < -0.39 is 11.8 Å². The fourth-order valence-corrected chi connectivity index (χ4v) is 1.63. The van der Waals surface area contributed by atoms with Gasteiger partial charge in [-0.15, -0.1) is 0 Å². The van der Waals surface area contributed by atoms with Crippen molar-refractivity contribution in [3.8, 4) is 0 Å². The predicted octanol–water partition coefficient (Wildman–Crippen LogP) is 1.94. The van der Waals surface area contributed by atoms with Gasteiger partial charge in [-0.05, 0) is 18.6 Å². The van der Waals surface area contributed by atoms with Crippen LogP contribution in [0.5, 0.6) is 0 Å². The number of nitrogens with one attached hydrogen (secondary N) is 1. The first-order valence-corrected chi connectivity index (χ1v) is 5.58. The zero-order chi connectivity index (χ0) is 13.7. The first-order chi connectivity index (χ1) is 8.51. The van der Waals surface area contributed by atoms with Gasteiger partial charge >= 0.3 is 5.97 Å². The molecule has 0 aliphatic rings. The van der Waals surface area contributed by atoms with Gasteiger partial charge in [0, 0.05) is 13.2 Å². The van der Waals surface area contributed by atoms with E-state index in [1.54, 1.807) is 7.11 Å². The minimum atomic E-state index is -1.26. The molecular weight excluding hydrogens is 239 g/mol. The van der Waals surface area contributed by atoms with Crippen LogP contribution in [0.4, 0.5) is 15.8 Å².